The molecule has 1 saturated heterocycles. The summed E-state index contributed by atoms with van der Waals surface area (Å²) in [5.41, 5.74) is 5.83. The van der Waals surface area contributed by atoms with E-state index in [9.17, 15) is 0 Å². The van der Waals surface area contributed by atoms with Crippen LogP contribution in [0.25, 0.3) is 0 Å². The van der Waals surface area contributed by atoms with Gasteiger partial charge in [0.2, 0.25) is 0 Å². The third-order valence-corrected chi connectivity index (χ3v) is 5.85. The first-order valence-electron chi connectivity index (χ1n) is 10.7. The lowest BCUT2D eigenvalue weighted by atomic mass is 10.1. The Morgan fingerprint density at radius 1 is 1.16 bits per heavy atom. The summed E-state index contributed by atoms with van der Waals surface area (Å²) < 4.78 is 2.12. The van der Waals surface area contributed by atoms with Gasteiger partial charge in [-0.3, -0.25) is 14.6 Å². The van der Waals surface area contributed by atoms with Crippen LogP contribution in [0.3, 0.4) is 0 Å². The summed E-state index contributed by atoms with van der Waals surface area (Å²) in [5, 5.41) is 16.8. The number of aromatic nitrogens is 5. The van der Waals surface area contributed by atoms with Crippen LogP contribution in [0.1, 0.15) is 67.1 Å². The Kier molecular flexibility index (Phi) is 5.96. The first-order chi connectivity index (χ1) is 15.0. The quantitative estimate of drug-likeness (QED) is 0.643. The van der Waals surface area contributed by atoms with Crippen molar-refractivity contribution in [2.45, 2.75) is 59.2 Å². The normalized spacial score (nSPS) is 16.6. The van der Waals surface area contributed by atoms with Gasteiger partial charge in [-0.2, -0.15) is 10.4 Å². The molecule has 1 fully saturated rings. The van der Waals surface area contributed by atoms with E-state index in [0.29, 0.717) is 17.6 Å². The van der Waals surface area contributed by atoms with Gasteiger partial charge in [0.1, 0.15) is 17.6 Å². The van der Waals surface area contributed by atoms with Gasteiger partial charge in [0, 0.05) is 23.8 Å². The Labute approximate surface area is 183 Å². The largest absolute Gasteiger partial charge is 0.338 e. The Morgan fingerprint density at radius 3 is 2.61 bits per heavy atom. The molecule has 3 aromatic rings. The number of likely N-dealkylation sites (tertiary alicyclic amines) is 1. The van der Waals surface area contributed by atoms with E-state index in [2.05, 4.69) is 52.6 Å². The number of anilines is 2. The Bertz CT molecular complexity index is 1080. The van der Waals surface area contributed by atoms with Gasteiger partial charge < -0.3 is 5.32 Å². The number of aryl methyl sites for hydroxylation is 1. The van der Waals surface area contributed by atoms with Gasteiger partial charge in [-0.1, -0.05) is 0 Å². The van der Waals surface area contributed by atoms with E-state index in [1.54, 1.807) is 18.5 Å². The fraction of sp³-hybridized carbons (Fsp3) is 0.435. The van der Waals surface area contributed by atoms with Crippen LogP contribution >= 0.6 is 0 Å². The van der Waals surface area contributed by atoms with Gasteiger partial charge in [0.15, 0.2) is 0 Å². The van der Waals surface area contributed by atoms with E-state index in [4.69, 9.17) is 15.3 Å². The maximum Gasteiger partial charge on any atom is 0.148 e. The molecule has 8 heteroatoms. The highest BCUT2D eigenvalue weighted by molar-refractivity contribution is 5.54. The third-order valence-electron chi connectivity index (χ3n) is 5.85. The Hall–Kier alpha value is -3.31. The topological polar surface area (TPSA) is 95.6 Å². The second-order valence-corrected chi connectivity index (χ2v) is 8.31. The standard InChI is InChI=1S/C23H28N8/c1-15(2)31-17(4)20(16(3)29-31)14-30-9-5-6-22(30)21-12-27-23(13-26-21)28-19-8-7-18(10-24)25-11-19/h7-8,11-13,15,22H,5-6,9,14H2,1-4H3,(H,27,28)/t22-/m0/s1. The van der Waals surface area contributed by atoms with Crippen LogP contribution < -0.4 is 5.32 Å². The lowest BCUT2D eigenvalue weighted by Crippen LogP contribution is -2.24. The van der Waals surface area contributed by atoms with Crippen LogP contribution in [0.5, 0.6) is 0 Å². The van der Waals surface area contributed by atoms with Crippen molar-refractivity contribution in [3.05, 3.63) is 59.1 Å². The van der Waals surface area contributed by atoms with Crippen molar-refractivity contribution >= 4 is 11.5 Å². The van der Waals surface area contributed by atoms with E-state index >= 15 is 0 Å². The smallest absolute Gasteiger partial charge is 0.148 e. The summed E-state index contributed by atoms with van der Waals surface area (Å²) in [6.07, 6.45) is 7.48. The van der Waals surface area contributed by atoms with Gasteiger partial charge in [-0.05, 0) is 59.2 Å². The molecule has 0 amide bonds. The van der Waals surface area contributed by atoms with Crippen LogP contribution in [-0.4, -0.2) is 36.2 Å². The zero-order valence-corrected chi connectivity index (χ0v) is 18.5. The van der Waals surface area contributed by atoms with E-state index in [1.165, 1.54) is 11.3 Å². The molecule has 1 aliphatic heterocycles. The molecular weight excluding hydrogens is 388 g/mol. The number of hydrogen-bond donors (Lipinski definition) is 1. The highest BCUT2D eigenvalue weighted by atomic mass is 15.3. The molecule has 0 spiro atoms. The van der Waals surface area contributed by atoms with Crippen LogP contribution in [0, 0.1) is 25.2 Å². The SMILES string of the molecule is Cc1nn(C(C)C)c(C)c1CN1CCC[C@H]1c1cnc(Nc2ccc(C#N)nc2)cn1. The second-order valence-electron chi connectivity index (χ2n) is 8.31. The second kappa shape index (κ2) is 8.82. The minimum Gasteiger partial charge on any atom is -0.338 e. The zero-order chi connectivity index (χ0) is 22.0. The molecule has 31 heavy (non-hydrogen) atoms. The van der Waals surface area contributed by atoms with Crippen molar-refractivity contribution in [3.63, 3.8) is 0 Å². The minimum atomic E-state index is 0.263. The molecule has 1 aliphatic rings. The number of hydrogen-bond acceptors (Lipinski definition) is 7. The van der Waals surface area contributed by atoms with Crippen molar-refractivity contribution in [3.8, 4) is 6.07 Å². The number of nitrogens with zero attached hydrogens (tertiary/aromatic N) is 7. The van der Waals surface area contributed by atoms with Crippen molar-refractivity contribution in [2.75, 3.05) is 11.9 Å². The molecule has 4 heterocycles. The summed E-state index contributed by atoms with van der Waals surface area (Å²) in [6.45, 7) is 10.5. The molecule has 0 aromatic carbocycles. The number of nitrogens with one attached hydrogen (secondary N) is 1. The fourth-order valence-electron chi connectivity index (χ4n) is 4.24. The average molecular weight is 417 g/mol. The number of pyridine rings is 1. The van der Waals surface area contributed by atoms with E-state index in [-0.39, 0.29) is 6.04 Å². The Morgan fingerprint density at radius 2 is 2.00 bits per heavy atom. The molecule has 160 valence electrons. The highest BCUT2D eigenvalue weighted by Gasteiger charge is 2.29. The lowest BCUT2D eigenvalue weighted by molar-refractivity contribution is 0.243. The molecule has 8 nitrogen and oxygen atoms in total. The molecule has 0 saturated carbocycles. The Balaban J connectivity index is 1.47. The highest BCUT2D eigenvalue weighted by Crippen LogP contribution is 2.33. The maximum atomic E-state index is 8.86. The van der Waals surface area contributed by atoms with Gasteiger partial charge >= 0.3 is 0 Å². The van der Waals surface area contributed by atoms with Crippen molar-refractivity contribution in [1.82, 2.24) is 29.6 Å². The van der Waals surface area contributed by atoms with Crippen LogP contribution in [0.2, 0.25) is 0 Å². The lowest BCUT2D eigenvalue weighted by Gasteiger charge is -2.24. The molecule has 0 bridgehead atoms. The van der Waals surface area contributed by atoms with E-state index in [0.717, 1.165) is 43.0 Å². The van der Waals surface area contributed by atoms with Crippen LogP contribution in [0.15, 0.2) is 30.7 Å². The van der Waals surface area contributed by atoms with Crippen molar-refractivity contribution in [1.29, 1.82) is 5.26 Å². The third kappa shape index (κ3) is 4.42. The van der Waals surface area contributed by atoms with Gasteiger partial charge in [0.25, 0.3) is 0 Å². The first-order valence-corrected chi connectivity index (χ1v) is 10.7. The maximum absolute atomic E-state index is 8.86. The van der Waals surface area contributed by atoms with Gasteiger partial charge in [0.05, 0.1) is 41.7 Å². The molecule has 1 N–H and O–H groups in total. The molecule has 1 atom stereocenters. The molecule has 0 radical (unpaired) electrons. The summed E-state index contributed by atoms with van der Waals surface area (Å²) in [5.74, 6) is 0.657. The molecule has 0 unspecified atom stereocenters. The predicted octanol–water partition coefficient (Wildman–Crippen LogP) is 4.22. The van der Waals surface area contributed by atoms with E-state index < -0.39 is 0 Å². The fourth-order valence-corrected chi connectivity index (χ4v) is 4.24. The summed E-state index contributed by atoms with van der Waals surface area (Å²) in [4.78, 5) is 15.8. The molecular formula is C23H28N8. The molecule has 4 rings (SSSR count). The first kappa shape index (κ1) is 20.9. The predicted molar refractivity (Wildman–Crippen MR) is 119 cm³/mol. The molecule has 0 aliphatic carbocycles. The molecule has 3 aromatic heterocycles. The van der Waals surface area contributed by atoms with Crippen LogP contribution in [-0.2, 0) is 6.54 Å². The van der Waals surface area contributed by atoms with E-state index in [1.807, 2.05) is 18.3 Å². The average Bonchev–Trinajstić information content (AvgIpc) is 3.35. The van der Waals surface area contributed by atoms with Crippen LogP contribution in [0.4, 0.5) is 11.5 Å². The van der Waals surface area contributed by atoms with Crippen molar-refractivity contribution < 1.29 is 0 Å². The number of nitriles is 1. The van der Waals surface area contributed by atoms with Crippen molar-refractivity contribution in [2.24, 2.45) is 0 Å². The van der Waals surface area contributed by atoms with Gasteiger partial charge in [-0.15, -0.1) is 0 Å². The monoisotopic (exact) mass is 416 g/mol. The minimum absolute atomic E-state index is 0.263. The number of rotatable bonds is 6. The zero-order valence-electron chi connectivity index (χ0n) is 18.5. The summed E-state index contributed by atoms with van der Waals surface area (Å²) >= 11 is 0. The summed E-state index contributed by atoms with van der Waals surface area (Å²) in [7, 11) is 0. The summed E-state index contributed by atoms with van der Waals surface area (Å²) in [6, 6.07) is 6.12. The van der Waals surface area contributed by atoms with Gasteiger partial charge in [-0.25, -0.2) is 9.97 Å².